The lowest BCUT2D eigenvalue weighted by molar-refractivity contribution is -0.132. The predicted octanol–water partition coefficient (Wildman–Crippen LogP) is 3.21. The highest BCUT2D eigenvalue weighted by Gasteiger charge is 2.35. The van der Waals surface area contributed by atoms with Gasteiger partial charge < -0.3 is 14.9 Å². The van der Waals surface area contributed by atoms with Gasteiger partial charge in [-0.3, -0.25) is 4.90 Å². The molecule has 1 fully saturated rings. The van der Waals surface area contributed by atoms with Crippen LogP contribution < -0.4 is 0 Å². The number of benzene rings is 1. The van der Waals surface area contributed by atoms with Gasteiger partial charge in [0, 0.05) is 32.7 Å². The van der Waals surface area contributed by atoms with Crippen LogP contribution in [0.3, 0.4) is 0 Å². The molecule has 0 aromatic heterocycles. The molecule has 5 nitrogen and oxygen atoms in total. The Hall–Kier alpha value is -1.83. The molecule has 3 rings (SSSR count). The van der Waals surface area contributed by atoms with Gasteiger partial charge in [0.1, 0.15) is 12.0 Å². The van der Waals surface area contributed by atoms with E-state index < -0.39 is 5.97 Å². The van der Waals surface area contributed by atoms with Crippen LogP contribution in [0.15, 0.2) is 46.5 Å². The summed E-state index contributed by atoms with van der Waals surface area (Å²) in [6.07, 6.45) is 2.02. The number of likely N-dealkylation sites (N-methyl/N-ethyl adjacent to an activating group) is 1. The Morgan fingerprint density at radius 1 is 1.29 bits per heavy atom. The van der Waals surface area contributed by atoms with Crippen molar-refractivity contribution < 1.29 is 14.3 Å². The molecular formula is C21H28FN3O2S. The molecule has 28 heavy (non-hydrogen) atoms. The average Bonchev–Trinajstić information content (AvgIpc) is 2.64. The molecule has 0 spiro atoms. The number of nitrogens with zero attached hydrogens (tertiary/aromatic N) is 3. The molecule has 7 heteroatoms. The Kier molecular flexibility index (Phi) is 6.80. The van der Waals surface area contributed by atoms with Crippen LogP contribution in [0.2, 0.25) is 0 Å². The second kappa shape index (κ2) is 9.11. The summed E-state index contributed by atoms with van der Waals surface area (Å²) in [4.78, 5) is 18.8. The second-order valence-electron chi connectivity index (χ2n) is 7.28. The van der Waals surface area contributed by atoms with Gasteiger partial charge >= 0.3 is 5.97 Å². The first-order valence-corrected chi connectivity index (χ1v) is 10.6. The molecule has 152 valence electrons. The van der Waals surface area contributed by atoms with Crippen LogP contribution in [0.4, 0.5) is 4.39 Å². The average molecular weight is 406 g/mol. The molecule has 0 saturated carbocycles. The van der Waals surface area contributed by atoms with Gasteiger partial charge in [0.25, 0.3) is 0 Å². The van der Waals surface area contributed by atoms with Crippen LogP contribution in [-0.2, 0) is 11.3 Å². The van der Waals surface area contributed by atoms with Gasteiger partial charge in [-0.15, -0.1) is 11.8 Å². The Balaban J connectivity index is 2.00. The van der Waals surface area contributed by atoms with Gasteiger partial charge in [0.15, 0.2) is 0 Å². The number of hydrogen-bond donors (Lipinski definition) is 1. The van der Waals surface area contributed by atoms with Crippen LogP contribution >= 0.6 is 11.8 Å². The topological polar surface area (TPSA) is 47.0 Å². The first kappa shape index (κ1) is 20.9. The number of halogens is 1. The molecule has 1 N–H and O–H groups in total. The van der Waals surface area contributed by atoms with Crippen LogP contribution in [-0.4, -0.2) is 70.9 Å². The minimum atomic E-state index is -0.911. The molecule has 0 aliphatic carbocycles. The van der Waals surface area contributed by atoms with Crippen molar-refractivity contribution in [3.8, 4) is 0 Å². The Labute approximate surface area is 170 Å². The van der Waals surface area contributed by atoms with Gasteiger partial charge in [0.2, 0.25) is 0 Å². The summed E-state index contributed by atoms with van der Waals surface area (Å²) in [6.45, 7) is 8.15. The molecule has 1 aromatic rings. The van der Waals surface area contributed by atoms with Gasteiger partial charge in [-0.25, -0.2) is 9.18 Å². The number of carboxylic acid groups (broad SMARTS) is 1. The standard InChI is InChI=1S/C21H28FN3O2S/c1-4-28-20-19(21(26)27)15(2)12-18(24-10-8-23(3)9-11-24)25(20)14-16-6-5-7-17(22)13-16/h5-7,12-13,18H,4,8-11,14H2,1-3H3,(H,26,27). The van der Waals surface area contributed by atoms with E-state index in [-0.39, 0.29) is 12.0 Å². The minimum absolute atomic E-state index is 0.0332. The number of hydrogen-bond acceptors (Lipinski definition) is 5. The number of thioether (sulfide) groups is 1. The van der Waals surface area contributed by atoms with Crippen molar-refractivity contribution in [3.63, 3.8) is 0 Å². The molecule has 1 unspecified atom stereocenters. The SMILES string of the molecule is CCSC1=C(C(=O)O)C(C)=CC(N2CCN(C)CC2)N1Cc1cccc(F)c1. The van der Waals surface area contributed by atoms with Crippen LogP contribution in [0.5, 0.6) is 0 Å². The minimum Gasteiger partial charge on any atom is -0.478 e. The summed E-state index contributed by atoms with van der Waals surface area (Å²) in [7, 11) is 2.12. The van der Waals surface area contributed by atoms with Crippen LogP contribution in [0.1, 0.15) is 19.4 Å². The molecule has 1 atom stereocenters. The van der Waals surface area contributed by atoms with Crippen molar-refractivity contribution in [1.82, 2.24) is 14.7 Å². The number of rotatable bonds is 6. The van der Waals surface area contributed by atoms with E-state index in [9.17, 15) is 14.3 Å². The third kappa shape index (κ3) is 4.59. The first-order valence-electron chi connectivity index (χ1n) is 9.63. The zero-order valence-electron chi connectivity index (χ0n) is 16.7. The quantitative estimate of drug-likeness (QED) is 0.784. The smallest absolute Gasteiger partial charge is 0.338 e. The maximum Gasteiger partial charge on any atom is 0.338 e. The van der Waals surface area contributed by atoms with E-state index in [0.29, 0.717) is 12.1 Å². The lowest BCUT2D eigenvalue weighted by atomic mass is 10.0. The maximum absolute atomic E-state index is 13.8. The molecule has 2 heterocycles. The Morgan fingerprint density at radius 3 is 2.61 bits per heavy atom. The third-order valence-electron chi connectivity index (χ3n) is 5.24. The summed E-state index contributed by atoms with van der Waals surface area (Å²) in [5.41, 5.74) is 1.99. The van der Waals surface area contributed by atoms with E-state index in [4.69, 9.17) is 0 Å². The van der Waals surface area contributed by atoms with Crippen molar-refractivity contribution in [2.24, 2.45) is 0 Å². The predicted molar refractivity (Wildman–Crippen MR) is 111 cm³/mol. The Bertz CT molecular complexity index is 788. The lowest BCUT2D eigenvalue weighted by Crippen LogP contribution is -2.55. The van der Waals surface area contributed by atoms with Crippen molar-refractivity contribution >= 4 is 17.7 Å². The highest BCUT2D eigenvalue weighted by Crippen LogP contribution is 2.37. The number of carbonyl (C=O) groups is 1. The highest BCUT2D eigenvalue weighted by molar-refractivity contribution is 8.03. The molecule has 1 saturated heterocycles. The van der Waals surface area contributed by atoms with Crippen molar-refractivity contribution in [3.05, 3.63) is 57.9 Å². The fourth-order valence-corrected chi connectivity index (χ4v) is 4.77. The largest absolute Gasteiger partial charge is 0.478 e. The monoisotopic (exact) mass is 405 g/mol. The van der Waals surface area contributed by atoms with Gasteiger partial charge in [-0.05, 0) is 49.1 Å². The van der Waals surface area contributed by atoms with Crippen molar-refractivity contribution in [2.75, 3.05) is 39.0 Å². The van der Waals surface area contributed by atoms with E-state index in [1.165, 1.54) is 12.1 Å². The van der Waals surface area contributed by atoms with E-state index in [0.717, 1.165) is 48.1 Å². The molecular weight excluding hydrogens is 377 g/mol. The summed E-state index contributed by atoms with van der Waals surface area (Å²) < 4.78 is 13.8. The number of piperazine rings is 1. The van der Waals surface area contributed by atoms with Crippen LogP contribution in [0, 0.1) is 5.82 Å². The van der Waals surface area contributed by atoms with Gasteiger partial charge in [-0.2, -0.15) is 0 Å². The molecule has 0 bridgehead atoms. The fourth-order valence-electron chi connectivity index (χ4n) is 3.77. The van der Waals surface area contributed by atoms with E-state index in [1.54, 1.807) is 17.8 Å². The molecule has 1 aromatic carbocycles. The fraction of sp³-hybridized carbons (Fsp3) is 0.476. The zero-order chi connectivity index (χ0) is 20.3. The normalized spacial score (nSPS) is 21.8. The summed E-state index contributed by atoms with van der Waals surface area (Å²) in [6, 6.07) is 6.56. The zero-order valence-corrected chi connectivity index (χ0v) is 17.5. The van der Waals surface area contributed by atoms with E-state index in [1.807, 2.05) is 26.0 Å². The summed E-state index contributed by atoms with van der Waals surface area (Å²) >= 11 is 1.55. The molecule has 2 aliphatic rings. The van der Waals surface area contributed by atoms with Crippen molar-refractivity contribution in [2.45, 2.75) is 26.6 Å². The molecule has 0 radical (unpaired) electrons. The third-order valence-corrected chi connectivity index (χ3v) is 6.24. The van der Waals surface area contributed by atoms with Gasteiger partial charge in [0.05, 0.1) is 10.6 Å². The summed E-state index contributed by atoms with van der Waals surface area (Å²) in [5, 5.41) is 10.6. The highest BCUT2D eigenvalue weighted by atomic mass is 32.2. The maximum atomic E-state index is 13.8. The van der Waals surface area contributed by atoms with Gasteiger partial charge in [-0.1, -0.05) is 19.1 Å². The second-order valence-corrected chi connectivity index (χ2v) is 8.53. The number of carboxylic acids is 1. The lowest BCUT2D eigenvalue weighted by Gasteiger charge is -2.46. The molecule has 2 aliphatic heterocycles. The Morgan fingerprint density at radius 2 is 2.00 bits per heavy atom. The van der Waals surface area contributed by atoms with Crippen LogP contribution in [0.25, 0.3) is 0 Å². The van der Waals surface area contributed by atoms with E-state index in [2.05, 4.69) is 21.7 Å². The first-order chi connectivity index (χ1) is 13.4. The van der Waals surface area contributed by atoms with Crippen molar-refractivity contribution in [1.29, 1.82) is 0 Å². The van der Waals surface area contributed by atoms with E-state index >= 15 is 0 Å². The summed E-state index contributed by atoms with van der Waals surface area (Å²) in [5.74, 6) is -0.413. The number of aliphatic carboxylic acids is 1. The molecule has 0 amide bonds.